The minimum Gasteiger partial charge on any atom is -0.379 e. The van der Waals surface area contributed by atoms with Crippen LogP contribution in [0.2, 0.25) is 5.02 Å². The zero-order valence-corrected chi connectivity index (χ0v) is 10.7. The molecule has 2 unspecified atom stereocenters. The van der Waals surface area contributed by atoms with Gasteiger partial charge in [-0.3, -0.25) is 0 Å². The van der Waals surface area contributed by atoms with Crippen LogP contribution in [-0.4, -0.2) is 17.0 Å². The fourth-order valence-corrected chi connectivity index (χ4v) is 3.24. The maximum atomic E-state index is 13.7. The molecule has 0 amide bonds. The van der Waals surface area contributed by atoms with Gasteiger partial charge >= 0.3 is 0 Å². The Balaban J connectivity index is 2.10. The summed E-state index contributed by atoms with van der Waals surface area (Å²) in [5.41, 5.74) is 0.520. The second-order valence-corrected chi connectivity index (χ2v) is 5.96. The van der Waals surface area contributed by atoms with Crippen molar-refractivity contribution in [3.8, 4) is 0 Å². The van der Waals surface area contributed by atoms with Crippen LogP contribution in [0.4, 0.5) is 10.1 Å². The predicted octanol–water partition coefficient (Wildman–Crippen LogP) is 4.18. The summed E-state index contributed by atoms with van der Waals surface area (Å²) in [6.45, 7) is 2.18. The summed E-state index contributed by atoms with van der Waals surface area (Å²) < 4.78 is 13.7. The number of hydrogen-bond donors (Lipinski definition) is 1. The maximum Gasteiger partial charge on any atom is 0.164 e. The summed E-state index contributed by atoms with van der Waals surface area (Å²) in [6, 6.07) is 5.43. The van der Waals surface area contributed by atoms with Gasteiger partial charge in [0.1, 0.15) is 0 Å². The molecule has 1 saturated heterocycles. The smallest absolute Gasteiger partial charge is 0.164 e. The lowest BCUT2D eigenvalue weighted by molar-refractivity contribution is 0.596. The standard InChI is InChI=1S/C12H15ClFNS/c1-8-10(6-3-7-16-8)15-11-5-2-4-9(13)12(11)14/h2,4-5,8,10,15H,3,6-7H2,1H3. The van der Waals surface area contributed by atoms with E-state index in [9.17, 15) is 4.39 Å². The van der Waals surface area contributed by atoms with E-state index in [0.717, 1.165) is 6.42 Å². The largest absolute Gasteiger partial charge is 0.379 e. The highest BCUT2D eigenvalue weighted by atomic mass is 35.5. The van der Waals surface area contributed by atoms with Crippen molar-refractivity contribution in [2.24, 2.45) is 0 Å². The maximum absolute atomic E-state index is 13.7. The Morgan fingerprint density at radius 3 is 3.06 bits per heavy atom. The minimum atomic E-state index is -0.341. The van der Waals surface area contributed by atoms with Gasteiger partial charge in [0, 0.05) is 11.3 Å². The van der Waals surface area contributed by atoms with Crippen LogP contribution in [0.25, 0.3) is 0 Å². The Hall–Kier alpha value is -0.410. The highest BCUT2D eigenvalue weighted by molar-refractivity contribution is 8.00. The molecule has 1 fully saturated rings. The molecule has 1 nitrogen and oxygen atoms in total. The Bertz CT molecular complexity index is 372. The average Bonchev–Trinajstić information content (AvgIpc) is 2.28. The van der Waals surface area contributed by atoms with Gasteiger partial charge in [0.15, 0.2) is 5.82 Å². The van der Waals surface area contributed by atoms with E-state index in [1.165, 1.54) is 12.2 Å². The molecule has 88 valence electrons. The molecule has 1 N–H and O–H groups in total. The number of hydrogen-bond acceptors (Lipinski definition) is 2. The van der Waals surface area contributed by atoms with Crippen molar-refractivity contribution < 1.29 is 4.39 Å². The van der Waals surface area contributed by atoms with Gasteiger partial charge in [-0.15, -0.1) is 0 Å². The summed E-state index contributed by atoms with van der Waals surface area (Å²) in [4.78, 5) is 0. The lowest BCUT2D eigenvalue weighted by Crippen LogP contribution is -2.33. The molecule has 0 aliphatic carbocycles. The Labute approximate surface area is 105 Å². The van der Waals surface area contributed by atoms with Gasteiger partial charge in [-0.1, -0.05) is 24.6 Å². The molecule has 1 aromatic carbocycles. The molecular formula is C12H15ClFNS. The summed E-state index contributed by atoms with van der Waals surface area (Å²) >= 11 is 7.69. The third kappa shape index (κ3) is 2.64. The van der Waals surface area contributed by atoms with E-state index >= 15 is 0 Å². The lowest BCUT2D eigenvalue weighted by Gasteiger charge is -2.30. The van der Waals surface area contributed by atoms with Crippen molar-refractivity contribution in [1.29, 1.82) is 0 Å². The molecule has 0 radical (unpaired) electrons. The number of nitrogens with one attached hydrogen (secondary N) is 1. The molecule has 0 bridgehead atoms. The zero-order chi connectivity index (χ0) is 11.5. The fraction of sp³-hybridized carbons (Fsp3) is 0.500. The van der Waals surface area contributed by atoms with E-state index in [0.29, 0.717) is 17.0 Å². The Morgan fingerprint density at radius 2 is 2.31 bits per heavy atom. The third-order valence-corrected chi connectivity index (χ3v) is 4.57. The van der Waals surface area contributed by atoms with Crippen molar-refractivity contribution in [3.63, 3.8) is 0 Å². The van der Waals surface area contributed by atoms with E-state index in [1.807, 2.05) is 11.8 Å². The molecule has 4 heteroatoms. The first kappa shape index (κ1) is 12.1. The fourth-order valence-electron chi connectivity index (χ4n) is 1.93. The molecule has 0 spiro atoms. The van der Waals surface area contributed by atoms with Gasteiger partial charge in [0.2, 0.25) is 0 Å². The van der Waals surface area contributed by atoms with Crippen LogP contribution in [0, 0.1) is 5.82 Å². The first-order valence-corrected chi connectivity index (χ1v) is 6.93. The summed E-state index contributed by atoms with van der Waals surface area (Å²) in [6.07, 6.45) is 2.29. The average molecular weight is 260 g/mol. The van der Waals surface area contributed by atoms with Gasteiger partial charge < -0.3 is 5.32 Å². The van der Waals surface area contributed by atoms with Gasteiger partial charge in [-0.25, -0.2) is 4.39 Å². The summed E-state index contributed by atoms with van der Waals surface area (Å²) in [7, 11) is 0. The third-order valence-electron chi connectivity index (χ3n) is 2.90. The van der Waals surface area contributed by atoms with Gasteiger partial charge in [0.05, 0.1) is 10.7 Å². The monoisotopic (exact) mass is 259 g/mol. The SMILES string of the molecule is CC1SCCCC1Nc1cccc(Cl)c1F. The first-order chi connectivity index (χ1) is 7.68. The van der Waals surface area contributed by atoms with Crippen LogP contribution < -0.4 is 5.32 Å². The topological polar surface area (TPSA) is 12.0 Å². The van der Waals surface area contributed by atoms with E-state index in [2.05, 4.69) is 12.2 Å². The second kappa shape index (κ2) is 5.28. The van der Waals surface area contributed by atoms with Crippen LogP contribution >= 0.6 is 23.4 Å². The molecule has 0 saturated carbocycles. The highest BCUT2D eigenvalue weighted by Crippen LogP contribution is 2.29. The van der Waals surface area contributed by atoms with Crippen molar-refractivity contribution in [2.45, 2.75) is 31.1 Å². The van der Waals surface area contributed by atoms with Gasteiger partial charge in [-0.2, -0.15) is 11.8 Å². The van der Waals surface area contributed by atoms with Crippen LogP contribution in [0.1, 0.15) is 19.8 Å². The quantitative estimate of drug-likeness (QED) is 0.855. The molecule has 2 atom stereocenters. The molecule has 1 aliphatic heterocycles. The Morgan fingerprint density at radius 1 is 1.50 bits per heavy atom. The number of thioether (sulfide) groups is 1. The van der Waals surface area contributed by atoms with E-state index in [4.69, 9.17) is 11.6 Å². The normalized spacial score (nSPS) is 25.4. The molecule has 16 heavy (non-hydrogen) atoms. The molecular weight excluding hydrogens is 245 g/mol. The van der Waals surface area contributed by atoms with Crippen molar-refractivity contribution in [1.82, 2.24) is 0 Å². The molecule has 1 aliphatic rings. The number of halogens is 2. The van der Waals surface area contributed by atoms with Crippen molar-refractivity contribution in [2.75, 3.05) is 11.1 Å². The first-order valence-electron chi connectivity index (χ1n) is 5.50. The predicted molar refractivity (Wildman–Crippen MR) is 70.0 cm³/mol. The van der Waals surface area contributed by atoms with E-state index < -0.39 is 0 Å². The second-order valence-electron chi connectivity index (χ2n) is 4.07. The number of benzene rings is 1. The van der Waals surface area contributed by atoms with Crippen LogP contribution in [0.3, 0.4) is 0 Å². The van der Waals surface area contributed by atoms with E-state index in [-0.39, 0.29) is 10.8 Å². The van der Waals surface area contributed by atoms with Gasteiger partial charge in [0.25, 0.3) is 0 Å². The zero-order valence-electron chi connectivity index (χ0n) is 9.17. The van der Waals surface area contributed by atoms with Crippen molar-refractivity contribution in [3.05, 3.63) is 29.0 Å². The number of anilines is 1. The lowest BCUT2D eigenvalue weighted by atomic mass is 10.1. The minimum absolute atomic E-state index is 0.182. The van der Waals surface area contributed by atoms with E-state index in [1.54, 1.807) is 18.2 Å². The van der Waals surface area contributed by atoms with Crippen LogP contribution in [-0.2, 0) is 0 Å². The molecule has 0 aromatic heterocycles. The summed E-state index contributed by atoms with van der Waals surface area (Å²) in [5.74, 6) is 0.865. The van der Waals surface area contributed by atoms with Crippen molar-refractivity contribution >= 4 is 29.1 Å². The number of rotatable bonds is 2. The molecule has 1 heterocycles. The highest BCUT2D eigenvalue weighted by Gasteiger charge is 2.22. The summed E-state index contributed by atoms with van der Waals surface area (Å²) in [5, 5.41) is 3.96. The van der Waals surface area contributed by atoms with Crippen LogP contribution in [0.5, 0.6) is 0 Å². The molecule has 2 rings (SSSR count). The molecule has 1 aromatic rings. The van der Waals surface area contributed by atoms with Gasteiger partial charge in [-0.05, 0) is 30.7 Å². The Kier molecular flexibility index (Phi) is 3.98. The van der Waals surface area contributed by atoms with Crippen LogP contribution in [0.15, 0.2) is 18.2 Å².